The lowest BCUT2D eigenvalue weighted by Crippen LogP contribution is -2.46. The topological polar surface area (TPSA) is 103 Å². The van der Waals surface area contributed by atoms with E-state index in [0.717, 1.165) is 56.5 Å². The molecular formula is C22H30N8O2. The van der Waals surface area contributed by atoms with E-state index in [0.29, 0.717) is 36.1 Å². The second kappa shape index (κ2) is 8.50. The van der Waals surface area contributed by atoms with Gasteiger partial charge in [0.1, 0.15) is 5.39 Å². The maximum absolute atomic E-state index is 12.6. The number of anilines is 1. The van der Waals surface area contributed by atoms with Crippen LogP contribution in [0.25, 0.3) is 11.0 Å². The van der Waals surface area contributed by atoms with Gasteiger partial charge in [-0.3, -0.25) is 23.7 Å². The van der Waals surface area contributed by atoms with Crippen molar-refractivity contribution >= 4 is 17.0 Å². The van der Waals surface area contributed by atoms with E-state index < -0.39 is 0 Å². The summed E-state index contributed by atoms with van der Waals surface area (Å²) in [6.07, 6.45) is 8.13. The molecule has 3 aromatic rings. The van der Waals surface area contributed by atoms with Gasteiger partial charge in [0.25, 0.3) is 11.1 Å². The van der Waals surface area contributed by atoms with Crippen LogP contribution < -0.4 is 16.4 Å². The molecule has 2 aliphatic rings. The van der Waals surface area contributed by atoms with E-state index in [1.54, 1.807) is 40.3 Å². The van der Waals surface area contributed by atoms with Gasteiger partial charge in [-0.1, -0.05) is 6.42 Å². The molecular weight excluding hydrogens is 408 g/mol. The Morgan fingerprint density at radius 3 is 2.84 bits per heavy atom. The van der Waals surface area contributed by atoms with E-state index in [-0.39, 0.29) is 11.1 Å². The summed E-state index contributed by atoms with van der Waals surface area (Å²) >= 11 is 0. The van der Waals surface area contributed by atoms with Crippen molar-refractivity contribution in [1.82, 2.24) is 34.0 Å². The lowest BCUT2D eigenvalue weighted by molar-refractivity contribution is 0.147. The van der Waals surface area contributed by atoms with Crippen LogP contribution >= 0.6 is 0 Å². The Labute approximate surface area is 185 Å². The van der Waals surface area contributed by atoms with Crippen LogP contribution in [-0.2, 0) is 33.5 Å². The zero-order valence-corrected chi connectivity index (χ0v) is 18.8. The highest BCUT2D eigenvalue weighted by molar-refractivity contribution is 5.74. The standard InChI is InChI=1S/C22H30N8O2/c1-27-14-17-20(26-27)24-22(28(2)21(17)32)23-13-16-7-3-4-9-29(16)10-11-30-19(31)12-15-6-5-8-18(15)25-30/h12,14,16H,3-11,13H2,1-2H3,(H,23,24,26). The molecule has 10 nitrogen and oxygen atoms in total. The van der Waals surface area contributed by atoms with Gasteiger partial charge in [-0.2, -0.15) is 15.2 Å². The van der Waals surface area contributed by atoms with Crippen molar-refractivity contribution in [3.05, 3.63) is 44.2 Å². The molecule has 0 bridgehead atoms. The number of hydrogen-bond donors (Lipinski definition) is 1. The molecule has 1 aliphatic heterocycles. The van der Waals surface area contributed by atoms with Gasteiger partial charge in [0.15, 0.2) is 5.65 Å². The predicted octanol–water partition coefficient (Wildman–Crippen LogP) is 0.679. The molecule has 10 heteroatoms. The number of nitrogens with zero attached hydrogens (tertiary/aromatic N) is 7. The summed E-state index contributed by atoms with van der Waals surface area (Å²) in [5.41, 5.74) is 2.56. The Morgan fingerprint density at radius 2 is 1.97 bits per heavy atom. The van der Waals surface area contributed by atoms with E-state index >= 15 is 0 Å². The number of aromatic nitrogens is 6. The van der Waals surface area contributed by atoms with Gasteiger partial charge in [0.05, 0.1) is 12.2 Å². The van der Waals surface area contributed by atoms with Gasteiger partial charge in [0, 0.05) is 45.5 Å². The third kappa shape index (κ3) is 3.94. The number of nitrogens with one attached hydrogen (secondary N) is 1. The Morgan fingerprint density at radius 1 is 1.09 bits per heavy atom. The predicted molar refractivity (Wildman–Crippen MR) is 122 cm³/mol. The maximum atomic E-state index is 12.6. The smallest absolute Gasteiger partial charge is 0.267 e. The van der Waals surface area contributed by atoms with Crippen molar-refractivity contribution in [2.24, 2.45) is 14.1 Å². The number of piperidine rings is 1. The molecule has 1 unspecified atom stereocenters. The first-order chi connectivity index (χ1) is 15.5. The van der Waals surface area contributed by atoms with Crippen LogP contribution in [0.4, 0.5) is 5.95 Å². The van der Waals surface area contributed by atoms with Gasteiger partial charge in [-0.15, -0.1) is 0 Å². The first kappa shape index (κ1) is 20.9. The lowest BCUT2D eigenvalue weighted by atomic mass is 10.0. The molecule has 4 heterocycles. The van der Waals surface area contributed by atoms with Crippen molar-refractivity contribution in [2.75, 3.05) is 25.0 Å². The Hall–Kier alpha value is -3.01. The van der Waals surface area contributed by atoms with Crippen LogP contribution in [-0.4, -0.2) is 59.7 Å². The SMILES string of the molecule is Cn1cc2c(=O)n(C)c(NCC3CCCCN3CCn3nc4c(cc3=O)CCC4)nc2n1. The molecule has 1 fully saturated rings. The zero-order chi connectivity index (χ0) is 22.2. The summed E-state index contributed by atoms with van der Waals surface area (Å²) in [7, 11) is 3.52. The summed E-state index contributed by atoms with van der Waals surface area (Å²) in [5, 5.41) is 12.8. The highest BCUT2D eigenvalue weighted by Gasteiger charge is 2.23. The van der Waals surface area contributed by atoms with Crippen LogP contribution in [0.3, 0.4) is 0 Å². The molecule has 1 atom stereocenters. The largest absolute Gasteiger partial charge is 0.354 e. The summed E-state index contributed by atoms with van der Waals surface area (Å²) in [6.45, 7) is 3.06. The Bertz CT molecular complexity index is 1260. The number of rotatable bonds is 6. The minimum absolute atomic E-state index is 0.000183. The van der Waals surface area contributed by atoms with Crippen LogP contribution in [0.15, 0.2) is 21.9 Å². The lowest BCUT2D eigenvalue weighted by Gasteiger charge is -2.36. The second-order valence-corrected chi connectivity index (χ2v) is 8.94. The summed E-state index contributed by atoms with van der Waals surface area (Å²) in [6, 6.07) is 2.08. The summed E-state index contributed by atoms with van der Waals surface area (Å²) in [4.78, 5) is 32.0. The molecule has 0 saturated carbocycles. The fourth-order valence-electron chi connectivity index (χ4n) is 4.94. The third-order valence-electron chi connectivity index (χ3n) is 6.74. The zero-order valence-electron chi connectivity index (χ0n) is 18.8. The summed E-state index contributed by atoms with van der Waals surface area (Å²) in [5.74, 6) is 0.531. The Kier molecular flexibility index (Phi) is 5.54. The molecule has 5 rings (SSSR count). The van der Waals surface area contributed by atoms with Crippen LogP contribution in [0.2, 0.25) is 0 Å². The maximum Gasteiger partial charge on any atom is 0.267 e. The van der Waals surface area contributed by atoms with E-state index in [1.165, 1.54) is 6.42 Å². The van der Waals surface area contributed by atoms with Crippen LogP contribution in [0, 0.1) is 0 Å². The van der Waals surface area contributed by atoms with Gasteiger partial charge in [-0.25, -0.2) is 4.68 Å². The molecule has 170 valence electrons. The normalized spacial score (nSPS) is 18.9. The summed E-state index contributed by atoms with van der Waals surface area (Å²) < 4.78 is 4.79. The Balaban J connectivity index is 1.27. The van der Waals surface area contributed by atoms with Crippen molar-refractivity contribution in [3.63, 3.8) is 0 Å². The van der Waals surface area contributed by atoms with Gasteiger partial charge < -0.3 is 5.32 Å². The van der Waals surface area contributed by atoms with Crippen molar-refractivity contribution in [2.45, 2.75) is 51.1 Å². The molecule has 0 spiro atoms. The van der Waals surface area contributed by atoms with Crippen LogP contribution in [0.1, 0.15) is 36.9 Å². The third-order valence-corrected chi connectivity index (χ3v) is 6.74. The molecule has 0 radical (unpaired) electrons. The first-order valence-electron chi connectivity index (χ1n) is 11.5. The van der Waals surface area contributed by atoms with E-state index in [9.17, 15) is 9.59 Å². The van der Waals surface area contributed by atoms with E-state index in [4.69, 9.17) is 0 Å². The van der Waals surface area contributed by atoms with Gasteiger partial charge >= 0.3 is 0 Å². The van der Waals surface area contributed by atoms with Gasteiger partial charge in [-0.05, 0) is 44.2 Å². The number of aryl methyl sites for hydroxylation is 3. The molecule has 0 amide bonds. The van der Waals surface area contributed by atoms with E-state index in [1.807, 2.05) is 0 Å². The number of fused-ring (bicyclic) bond motifs is 2. The molecule has 1 N–H and O–H groups in total. The van der Waals surface area contributed by atoms with Crippen molar-refractivity contribution in [1.29, 1.82) is 0 Å². The highest BCUT2D eigenvalue weighted by atomic mass is 16.1. The number of likely N-dealkylation sites (tertiary alicyclic amines) is 1. The van der Waals surface area contributed by atoms with E-state index in [2.05, 4.69) is 25.4 Å². The second-order valence-electron chi connectivity index (χ2n) is 8.94. The minimum Gasteiger partial charge on any atom is -0.354 e. The highest BCUT2D eigenvalue weighted by Crippen LogP contribution is 2.19. The van der Waals surface area contributed by atoms with Gasteiger partial charge in [0.2, 0.25) is 5.95 Å². The molecule has 1 saturated heterocycles. The monoisotopic (exact) mass is 438 g/mol. The quantitative estimate of drug-likeness (QED) is 0.604. The fraction of sp³-hybridized carbons (Fsp3) is 0.591. The molecule has 32 heavy (non-hydrogen) atoms. The van der Waals surface area contributed by atoms with Crippen molar-refractivity contribution in [3.8, 4) is 0 Å². The van der Waals surface area contributed by atoms with Crippen LogP contribution in [0.5, 0.6) is 0 Å². The fourth-order valence-corrected chi connectivity index (χ4v) is 4.94. The minimum atomic E-state index is -0.104. The average molecular weight is 439 g/mol. The first-order valence-corrected chi connectivity index (χ1v) is 11.5. The molecule has 1 aliphatic carbocycles. The number of hydrogen-bond acceptors (Lipinski definition) is 7. The molecule has 0 aromatic carbocycles. The average Bonchev–Trinajstić information content (AvgIpc) is 3.39. The van der Waals surface area contributed by atoms with Crippen molar-refractivity contribution < 1.29 is 0 Å². The molecule has 3 aromatic heterocycles.